The van der Waals surface area contributed by atoms with Crippen LogP contribution in [-0.2, 0) is 4.79 Å². The molecule has 1 aliphatic heterocycles. The summed E-state index contributed by atoms with van der Waals surface area (Å²) in [6, 6.07) is 6.08. The highest BCUT2D eigenvalue weighted by molar-refractivity contribution is 5.95. The molecule has 2 atom stereocenters. The van der Waals surface area contributed by atoms with E-state index in [1.165, 1.54) is 18.5 Å². The zero-order valence-corrected chi connectivity index (χ0v) is 12.7. The molecule has 0 aliphatic carbocycles. The summed E-state index contributed by atoms with van der Waals surface area (Å²) in [7, 11) is 0. The Balaban J connectivity index is 1.78. The largest absolute Gasteiger partial charge is 0.481 e. The van der Waals surface area contributed by atoms with Gasteiger partial charge in [0.2, 0.25) is 0 Å². The number of nitrogens with one attached hydrogen (secondary N) is 1. The first-order chi connectivity index (χ1) is 11.8. The van der Waals surface area contributed by atoms with E-state index in [1.54, 1.807) is 12.1 Å². The molecule has 2 aromatic rings. The van der Waals surface area contributed by atoms with Gasteiger partial charge >= 0.3 is 12.1 Å². The lowest BCUT2D eigenvalue weighted by atomic mass is 9.96. The van der Waals surface area contributed by atoms with Gasteiger partial charge in [0.1, 0.15) is 6.33 Å². The highest BCUT2D eigenvalue weighted by Crippen LogP contribution is 2.38. The fourth-order valence-corrected chi connectivity index (χ4v) is 2.85. The Morgan fingerprint density at radius 3 is 2.36 bits per heavy atom. The van der Waals surface area contributed by atoms with Gasteiger partial charge in [-0.3, -0.25) is 14.7 Å². The highest BCUT2D eigenvalue weighted by atomic mass is 19.4. The molecule has 1 fully saturated rings. The van der Waals surface area contributed by atoms with E-state index in [4.69, 9.17) is 5.11 Å². The molecule has 132 valence electrons. The first-order valence-electron chi connectivity index (χ1n) is 7.32. The van der Waals surface area contributed by atoms with Crippen LogP contribution < -0.4 is 0 Å². The van der Waals surface area contributed by atoms with Crippen molar-refractivity contribution in [3.8, 4) is 11.4 Å². The number of alkyl halides is 3. The Bertz CT molecular complexity index is 774. The second kappa shape index (κ2) is 6.19. The maximum absolute atomic E-state index is 13.0. The number of aromatic amines is 1. The predicted molar refractivity (Wildman–Crippen MR) is 78.4 cm³/mol. The molecule has 3 rings (SSSR count). The van der Waals surface area contributed by atoms with Crippen molar-refractivity contribution in [2.24, 2.45) is 11.8 Å². The van der Waals surface area contributed by atoms with E-state index in [9.17, 15) is 22.8 Å². The van der Waals surface area contributed by atoms with Gasteiger partial charge < -0.3 is 10.0 Å². The number of halogens is 3. The molecular formula is C15H13F3N4O3. The Morgan fingerprint density at radius 1 is 1.20 bits per heavy atom. The maximum atomic E-state index is 13.0. The average Bonchev–Trinajstić information content (AvgIpc) is 3.23. The molecule has 0 radical (unpaired) electrons. The lowest BCUT2D eigenvalue weighted by Crippen LogP contribution is -2.34. The lowest BCUT2D eigenvalue weighted by Gasteiger charge is -2.18. The molecular weight excluding hydrogens is 341 g/mol. The Hall–Kier alpha value is -2.91. The third-order valence-corrected chi connectivity index (χ3v) is 4.17. The van der Waals surface area contributed by atoms with Crippen LogP contribution in [0.3, 0.4) is 0 Å². The summed E-state index contributed by atoms with van der Waals surface area (Å²) in [5.74, 6) is -5.43. The number of hydrogen-bond acceptors (Lipinski definition) is 4. The van der Waals surface area contributed by atoms with Crippen molar-refractivity contribution in [2.45, 2.75) is 6.18 Å². The van der Waals surface area contributed by atoms with Crippen LogP contribution in [0, 0.1) is 11.8 Å². The van der Waals surface area contributed by atoms with Crippen LogP contribution in [0.2, 0.25) is 0 Å². The number of carbonyl (C=O) groups is 2. The molecule has 2 N–H and O–H groups in total. The molecule has 1 saturated heterocycles. The molecule has 7 nitrogen and oxygen atoms in total. The SMILES string of the molecule is O=C(O)[C@@H]1CN(C(=O)c2ccc(-c3ncn[nH]3)cc2)C[C@H]1C(F)(F)F. The number of nitrogens with zero attached hydrogens (tertiary/aromatic N) is 3. The number of aliphatic carboxylic acids is 1. The first-order valence-corrected chi connectivity index (χ1v) is 7.32. The number of amides is 1. The Labute approximate surface area is 139 Å². The standard InChI is InChI=1S/C15H13F3N4O3/c16-15(17,18)11-6-22(5-10(11)14(24)25)13(23)9-3-1-8(2-4-9)12-19-7-20-21-12/h1-4,7,10-11H,5-6H2,(H,24,25)(H,19,20,21)/t10-,11-/m1/s1. The van der Waals surface area contributed by atoms with Gasteiger partial charge in [-0.25, -0.2) is 4.98 Å². The highest BCUT2D eigenvalue weighted by Gasteiger charge is 2.53. The molecule has 0 bridgehead atoms. The second-order valence-electron chi connectivity index (χ2n) is 5.71. The molecule has 1 aliphatic rings. The smallest absolute Gasteiger partial charge is 0.394 e. The summed E-state index contributed by atoms with van der Waals surface area (Å²) < 4.78 is 39.0. The van der Waals surface area contributed by atoms with Crippen LogP contribution in [0.4, 0.5) is 13.2 Å². The van der Waals surface area contributed by atoms with Gasteiger partial charge in [-0.2, -0.15) is 18.3 Å². The third-order valence-electron chi connectivity index (χ3n) is 4.17. The minimum absolute atomic E-state index is 0.176. The van der Waals surface area contributed by atoms with Crippen molar-refractivity contribution >= 4 is 11.9 Å². The van der Waals surface area contributed by atoms with Crippen molar-refractivity contribution in [3.05, 3.63) is 36.2 Å². The minimum atomic E-state index is -4.67. The van der Waals surface area contributed by atoms with E-state index >= 15 is 0 Å². The van der Waals surface area contributed by atoms with Gasteiger partial charge in [0.05, 0.1) is 11.8 Å². The van der Waals surface area contributed by atoms with Crippen LogP contribution in [0.1, 0.15) is 10.4 Å². The zero-order valence-electron chi connectivity index (χ0n) is 12.7. The summed E-state index contributed by atoms with van der Waals surface area (Å²) in [5.41, 5.74) is 0.835. The van der Waals surface area contributed by atoms with Crippen LogP contribution in [0.15, 0.2) is 30.6 Å². The fraction of sp³-hybridized carbons (Fsp3) is 0.333. The van der Waals surface area contributed by atoms with Gasteiger partial charge in [-0.1, -0.05) is 12.1 Å². The van der Waals surface area contributed by atoms with Crippen molar-refractivity contribution in [1.29, 1.82) is 0 Å². The monoisotopic (exact) mass is 354 g/mol. The molecule has 0 unspecified atom stereocenters. The van der Waals surface area contributed by atoms with E-state index < -0.39 is 43.0 Å². The number of likely N-dealkylation sites (tertiary alicyclic amines) is 1. The molecule has 25 heavy (non-hydrogen) atoms. The van der Waals surface area contributed by atoms with Gasteiger partial charge in [0, 0.05) is 24.2 Å². The van der Waals surface area contributed by atoms with E-state index in [-0.39, 0.29) is 5.56 Å². The summed E-state index contributed by atoms with van der Waals surface area (Å²) >= 11 is 0. The predicted octanol–water partition coefficient (Wildman–Crippen LogP) is 1.81. The Morgan fingerprint density at radius 2 is 1.88 bits per heavy atom. The number of carboxylic acids is 1. The molecule has 0 spiro atoms. The van der Waals surface area contributed by atoms with Crippen molar-refractivity contribution < 1.29 is 27.9 Å². The first kappa shape index (κ1) is 16.9. The molecule has 2 heterocycles. The number of carbonyl (C=O) groups excluding carboxylic acids is 1. The van der Waals surface area contributed by atoms with Crippen LogP contribution >= 0.6 is 0 Å². The van der Waals surface area contributed by atoms with E-state index in [0.717, 1.165) is 4.90 Å². The topological polar surface area (TPSA) is 99.2 Å². The molecule has 1 aromatic heterocycles. The van der Waals surface area contributed by atoms with E-state index in [1.807, 2.05) is 0 Å². The van der Waals surface area contributed by atoms with Crippen molar-refractivity contribution in [1.82, 2.24) is 20.1 Å². The summed E-state index contributed by atoms with van der Waals surface area (Å²) in [6.45, 7) is -1.13. The summed E-state index contributed by atoms with van der Waals surface area (Å²) in [4.78, 5) is 28.4. The summed E-state index contributed by atoms with van der Waals surface area (Å²) in [5, 5.41) is 15.4. The quantitative estimate of drug-likeness (QED) is 0.876. The number of benzene rings is 1. The third kappa shape index (κ3) is 3.32. The molecule has 10 heteroatoms. The molecule has 1 aromatic carbocycles. The van der Waals surface area contributed by atoms with Gasteiger partial charge in [-0.05, 0) is 12.1 Å². The lowest BCUT2D eigenvalue weighted by molar-refractivity contribution is -0.187. The number of H-pyrrole nitrogens is 1. The maximum Gasteiger partial charge on any atom is 0.394 e. The van der Waals surface area contributed by atoms with E-state index in [2.05, 4.69) is 15.2 Å². The molecule has 1 amide bonds. The minimum Gasteiger partial charge on any atom is -0.481 e. The van der Waals surface area contributed by atoms with E-state index in [0.29, 0.717) is 11.4 Å². The number of aromatic nitrogens is 3. The van der Waals surface area contributed by atoms with Crippen molar-refractivity contribution in [3.63, 3.8) is 0 Å². The number of rotatable bonds is 3. The zero-order chi connectivity index (χ0) is 18.2. The van der Waals surface area contributed by atoms with Crippen LogP contribution in [0.5, 0.6) is 0 Å². The van der Waals surface area contributed by atoms with Gasteiger partial charge in [-0.15, -0.1) is 0 Å². The molecule has 0 saturated carbocycles. The summed E-state index contributed by atoms with van der Waals surface area (Å²) in [6.07, 6.45) is -3.35. The van der Waals surface area contributed by atoms with Crippen LogP contribution in [0.25, 0.3) is 11.4 Å². The Kier molecular flexibility index (Phi) is 4.19. The van der Waals surface area contributed by atoms with Crippen molar-refractivity contribution in [2.75, 3.05) is 13.1 Å². The fourth-order valence-electron chi connectivity index (χ4n) is 2.85. The second-order valence-corrected chi connectivity index (χ2v) is 5.71. The number of hydrogen-bond donors (Lipinski definition) is 2. The van der Waals surface area contributed by atoms with Gasteiger partial charge in [0.25, 0.3) is 5.91 Å². The van der Waals surface area contributed by atoms with Gasteiger partial charge in [0.15, 0.2) is 5.82 Å². The van der Waals surface area contributed by atoms with Crippen LogP contribution in [-0.4, -0.2) is 56.3 Å². The average molecular weight is 354 g/mol. The number of carboxylic acid groups (broad SMARTS) is 1. The normalized spacial score (nSPS) is 20.7.